The number of hydrogen-bond acceptors (Lipinski definition) is 3. The molecule has 2 heterocycles. The molecule has 1 aliphatic carbocycles. The first-order valence-corrected chi connectivity index (χ1v) is 7.35. The summed E-state index contributed by atoms with van der Waals surface area (Å²) in [5.41, 5.74) is 10.1. The first-order chi connectivity index (χ1) is 9.56. The fourth-order valence-electron chi connectivity index (χ4n) is 2.58. The summed E-state index contributed by atoms with van der Waals surface area (Å²) in [5.74, 6) is 1.14. The Bertz CT molecular complexity index is 673. The van der Waals surface area contributed by atoms with Gasteiger partial charge < -0.3 is 5.73 Å². The molecule has 0 fully saturated rings. The Morgan fingerprint density at radius 3 is 2.85 bits per heavy atom. The highest BCUT2D eigenvalue weighted by Crippen LogP contribution is 2.25. The van der Waals surface area contributed by atoms with Crippen molar-refractivity contribution in [2.24, 2.45) is 5.73 Å². The number of aromatic nitrogens is 3. The zero-order valence-electron chi connectivity index (χ0n) is 11.8. The average molecular weight is 286 g/mol. The molecule has 4 nitrogen and oxygen atoms in total. The summed E-state index contributed by atoms with van der Waals surface area (Å²) in [6.07, 6.45) is 5.17. The minimum absolute atomic E-state index is 0.379. The van der Waals surface area contributed by atoms with E-state index in [0.29, 0.717) is 10.9 Å². The van der Waals surface area contributed by atoms with Crippen LogP contribution >= 0.6 is 12.2 Å². The van der Waals surface area contributed by atoms with Crippen LogP contribution < -0.4 is 5.73 Å². The monoisotopic (exact) mass is 286 g/mol. The molecule has 0 aromatic carbocycles. The van der Waals surface area contributed by atoms with Gasteiger partial charge in [-0.05, 0) is 42.9 Å². The van der Waals surface area contributed by atoms with E-state index < -0.39 is 0 Å². The van der Waals surface area contributed by atoms with E-state index in [1.54, 1.807) is 4.68 Å². The first-order valence-electron chi connectivity index (χ1n) is 6.95. The number of fused-ring (bicyclic) bond motifs is 1. The average Bonchev–Trinajstić information content (AvgIpc) is 3.05. The zero-order valence-corrected chi connectivity index (χ0v) is 12.6. The molecule has 2 aromatic rings. The summed E-state index contributed by atoms with van der Waals surface area (Å²) >= 11 is 5.18. The van der Waals surface area contributed by atoms with Crippen LogP contribution in [0.15, 0.2) is 18.3 Å². The van der Waals surface area contributed by atoms with Gasteiger partial charge >= 0.3 is 0 Å². The minimum Gasteiger partial charge on any atom is -0.389 e. The highest BCUT2D eigenvalue weighted by molar-refractivity contribution is 7.80. The van der Waals surface area contributed by atoms with Crippen molar-refractivity contribution in [3.8, 4) is 5.82 Å². The number of hydrogen-bond donors (Lipinski definition) is 1. The maximum atomic E-state index is 5.86. The summed E-state index contributed by atoms with van der Waals surface area (Å²) < 4.78 is 1.79. The molecule has 0 saturated heterocycles. The molecular weight excluding hydrogens is 268 g/mol. The van der Waals surface area contributed by atoms with E-state index in [2.05, 4.69) is 25.0 Å². The number of aryl methyl sites for hydroxylation is 2. The van der Waals surface area contributed by atoms with E-state index in [4.69, 9.17) is 22.9 Å². The van der Waals surface area contributed by atoms with E-state index in [9.17, 15) is 0 Å². The topological polar surface area (TPSA) is 56.7 Å². The van der Waals surface area contributed by atoms with Crippen LogP contribution in [0.1, 0.15) is 48.7 Å². The van der Waals surface area contributed by atoms with Crippen molar-refractivity contribution < 1.29 is 0 Å². The predicted molar refractivity (Wildman–Crippen MR) is 83.4 cm³/mol. The van der Waals surface area contributed by atoms with E-state index in [1.165, 1.54) is 5.56 Å². The third kappa shape index (κ3) is 2.22. The molecule has 0 unspecified atom stereocenters. The van der Waals surface area contributed by atoms with Crippen LogP contribution in [0.2, 0.25) is 0 Å². The Balaban J connectivity index is 2.13. The van der Waals surface area contributed by atoms with Gasteiger partial charge in [0.2, 0.25) is 0 Å². The van der Waals surface area contributed by atoms with Crippen molar-refractivity contribution in [2.45, 2.75) is 39.0 Å². The number of rotatable bonds is 3. The van der Waals surface area contributed by atoms with E-state index in [1.807, 2.05) is 12.3 Å². The second-order valence-corrected chi connectivity index (χ2v) is 5.96. The van der Waals surface area contributed by atoms with Crippen molar-refractivity contribution in [3.05, 3.63) is 40.8 Å². The molecule has 0 bridgehead atoms. The summed E-state index contributed by atoms with van der Waals surface area (Å²) in [6.45, 7) is 4.24. The van der Waals surface area contributed by atoms with Crippen molar-refractivity contribution >= 4 is 17.2 Å². The van der Waals surface area contributed by atoms with Crippen LogP contribution in [0.4, 0.5) is 0 Å². The molecule has 5 heteroatoms. The standard InChI is InChI=1S/C15H18N4S/c1-9(2)12-6-7-19(18-12)15-11(14(16)20)8-10-4-3-5-13(10)17-15/h6-9H,3-5H2,1-2H3,(H2,16,20). The number of nitrogens with two attached hydrogens (primary N) is 1. The van der Waals surface area contributed by atoms with Crippen LogP contribution in [0.5, 0.6) is 0 Å². The van der Waals surface area contributed by atoms with Gasteiger partial charge in [-0.3, -0.25) is 0 Å². The molecule has 0 atom stereocenters. The lowest BCUT2D eigenvalue weighted by Crippen LogP contribution is -2.16. The van der Waals surface area contributed by atoms with E-state index in [0.717, 1.165) is 42.0 Å². The van der Waals surface area contributed by atoms with Crippen molar-refractivity contribution in [3.63, 3.8) is 0 Å². The van der Waals surface area contributed by atoms with Gasteiger partial charge in [0.05, 0.1) is 11.3 Å². The Kier molecular flexibility index (Phi) is 3.30. The van der Waals surface area contributed by atoms with Crippen LogP contribution in [0.25, 0.3) is 5.82 Å². The molecule has 3 rings (SSSR count). The van der Waals surface area contributed by atoms with Gasteiger partial charge in [0, 0.05) is 11.9 Å². The third-order valence-corrected chi connectivity index (χ3v) is 3.93. The first kappa shape index (κ1) is 13.2. The SMILES string of the molecule is CC(C)c1ccn(-c2nc3c(cc2C(N)=S)CCC3)n1. The Labute approximate surface area is 124 Å². The number of pyridine rings is 1. The maximum Gasteiger partial charge on any atom is 0.163 e. The molecular formula is C15H18N4S. The number of nitrogens with zero attached hydrogens (tertiary/aromatic N) is 3. The lowest BCUT2D eigenvalue weighted by atomic mass is 10.1. The molecule has 0 amide bonds. The molecule has 2 aromatic heterocycles. The molecule has 0 radical (unpaired) electrons. The van der Waals surface area contributed by atoms with E-state index in [-0.39, 0.29) is 0 Å². The summed E-state index contributed by atoms with van der Waals surface area (Å²) in [7, 11) is 0. The van der Waals surface area contributed by atoms with Gasteiger partial charge in [-0.1, -0.05) is 26.1 Å². The Morgan fingerprint density at radius 1 is 1.40 bits per heavy atom. The summed E-state index contributed by atoms with van der Waals surface area (Å²) in [6, 6.07) is 4.10. The predicted octanol–water partition coefficient (Wildman–Crippen LogP) is 2.51. The molecule has 104 valence electrons. The van der Waals surface area contributed by atoms with Crippen LogP contribution in [0, 0.1) is 0 Å². The molecule has 0 saturated carbocycles. The largest absolute Gasteiger partial charge is 0.389 e. The van der Waals surface area contributed by atoms with Crippen LogP contribution in [0.3, 0.4) is 0 Å². The maximum absolute atomic E-state index is 5.86. The van der Waals surface area contributed by atoms with Gasteiger partial charge in [0.25, 0.3) is 0 Å². The second kappa shape index (κ2) is 4.98. The van der Waals surface area contributed by atoms with Gasteiger partial charge in [-0.2, -0.15) is 5.10 Å². The van der Waals surface area contributed by atoms with Gasteiger partial charge in [0.1, 0.15) is 4.99 Å². The fraction of sp³-hybridized carbons (Fsp3) is 0.400. The third-order valence-electron chi connectivity index (χ3n) is 3.71. The molecule has 0 spiro atoms. The zero-order chi connectivity index (χ0) is 14.3. The van der Waals surface area contributed by atoms with Crippen LogP contribution in [-0.4, -0.2) is 19.8 Å². The van der Waals surface area contributed by atoms with Crippen molar-refractivity contribution in [1.29, 1.82) is 0 Å². The smallest absolute Gasteiger partial charge is 0.163 e. The second-order valence-electron chi connectivity index (χ2n) is 5.52. The fourth-order valence-corrected chi connectivity index (χ4v) is 2.73. The van der Waals surface area contributed by atoms with E-state index >= 15 is 0 Å². The highest BCUT2D eigenvalue weighted by Gasteiger charge is 2.19. The molecule has 2 N–H and O–H groups in total. The van der Waals surface area contributed by atoms with Gasteiger partial charge in [-0.25, -0.2) is 9.67 Å². The van der Waals surface area contributed by atoms with Crippen LogP contribution in [-0.2, 0) is 12.8 Å². The van der Waals surface area contributed by atoms with Gasteiger partial charge in [-0.15, -0.1) is 0 Å². The normalized spacial score (nSPS) is 13.8. The Morgan fingerprint density at radius 2 is 2.20 bits per heavy atom. The highest BCUT2D eigenvalue weighted by atomic mass is 32.1. The quantitative estimate of drug-likeness (QED) is 0.881. The lowest BCUT2D eigenvalue weighted by Gasteiger charge is -2.10. The Hall–Kier alpha value is -1.75. The molecule has 0 aliphatic heterocycles. The van der Waals surface area contributed by atoms with Crippen molar-refractivity contribution in [1.82, 2.24) is 14.8 Å². The lowest BCUT2D eigenvalue weighted by molar-refractivity contribution is 0.753. The van der Waals surface area contributed by atoms with Gasteiger partial charge in [0.15, 0.2) is 5.82 Å². The molecule has 20 heavy (non-hydrogen) atoms. The summed E-state index contributed by atoms with van der Waals surface area (Å²) in [5, 5.41) is 4.59. The summed E-state index contributed by atoms with van der Waals surface area (Å²) in [4.78, 5) is 5.13. The van der Waals surface area contributed by atoms with Crippen molar-refractivity contribution in [2.75, 3.05) is 0 Å². The molecule has 1 aliphatic rings. The minimum atomic E-state index is 0.379. The number of thiocarbonyl (C=S) groups is 1.